The number of aromatic nitrogens is 2. The summed E-state index contributed by atoms with van der Waals surface area (Å²) in [6, 6.07) is 17.7. The third-order valence-corrected chi connectivity index (χ3v) is 7.53. The van der Waals surface area contributed by atoms with Gasteiger partial charge < -0.3 is 14.7 Å². The number of hydrogen-bond acceptors (Lipinski definition) is 5. The van der Waals surface area contributed by atoms with Gasteiger partial charge in [-0.3, -0.25) is 19.6 Å². The standard InChI is InChI=1S/C26H24N4O5/c1-29-21(23(31)30-12-15-11-26(15,14-30)24(32)33)10-22(28-29)27-25(34)35-13-20-18-8-4-2-6-16(18)17-7-3-5-9-19(17)20/h2-10,15,20H,11-14H2,1H3,(H,32,33)(H,27,28,34). The van der Waals surface area contributed by atoms with Crippen molar-refractivity contribution in [2.45, 2.75) is 12.3 Å². The fourth-order valence-electron chi connectivity index (χ4n) is 5.60. The number of carbonyl (C=O) groups is 3. The van der Waals surface area contributed by atoms with Gasteiger partial charge in [0.2, 0.25) is 0 Å². The summed E-state index contributed by atoms with van der Waals surface area (Å²) in [7, 11) is 1.61. The van der Waals surface area contributed by atoms with Crippen LogP contribution in [0, 0.1) is 11.3 Å². The number of rotatable bonds is 5. The normalized spacial score (nSPS) is 21.7. The molecule has 9 heteroatoms. The summed E-state index contributed by atoms with van der Waals surface area (Å²) in [5.41, 5.74) is 4.02. The van der Waals surface area contributed by atoms with Crippen LogP contribution in [0.3, 0.4) is 0 Å². The zero-order chi connectivity index (χ0) is 24.3. The molecular weight excluding hydrogens is 448 g/mol. The smallest absolute Gasteiger partial charge is 0.412 e. The Labute approximate surface area is 201 Å². The summed E-state index contributed by atoms with van der Waals surface area (Å²) in [6.07, 6.45) is -0.0391. The molecule has 2 unspecified atom stereocenters. The van der Waals surface area contributed by atoms with E-state index in [0.717, 1.165) is 22.3 Å². The van der Waals surface area contributed by atoms with Gasteiger partial charge in [-0.2, -0.15) is 5.10 Å². The second kappa shape index (κ2) is 7.69. The quantitative estimate of drug-likeness (QED) is 0.589. The third kappa shape index (κ3) is 3.38. The lowest BCUT2D eigenvalue weighted by Gasteiger charge is -2.19. The van der Waals surface area contributed by atoms with E-state index in [0.29, 0.717) is 13.0 Å². The predicted octanol–water partition coefficient (Wildman–Crippen LogP) is 3.33. The van der Waals surface area contributed by atoms with Crippen LogP contribution in [0.5, 0.6) is 0 Å². The predicted molar refractivity (Wildman–Crippen MR) is 126 cm³/mol. The van der Waals surface area contributed by atoms with E-state index in [-0.39, 0.29) is 42.4 Å². The van der Waals surface area contributed by atoms with Crippen molar-refractivity contribution in [1.29, 1.82) is 0 Å². The number of hydrogen-bond donors (Lipinski definition) is 2. The van der Waals surface area contributed by atoms with E-state index in [9.17, 15) is 19.5 Å². The molecule has 35 heavy (non-hydrogen) atoms. The van der Waals surface area contributed by atoms with Gasteiger partial charge in [0, 0.05) is 32.1 Å². The first kappa shape index (κ1) is 21.4. The topological polar surface area (TPSA) is 114 Å². The minimum atomic E-state index is -0.847. The fourth-order valence-corrected chi connectivity index (χ4v) is 5.60. The summed E-state index contributed by atoms with van der Waals surface area (Å²) in [5, 5.41) is 16.3. The number of aliphatic carboxylic acids is 1. The number of aryl methyl sites for hydroxylation is 1. The summed E-state index contributed by atoms with van der Waals surface area (Å²) in [4.78, 5) is 38.6. The molecule has 1 aromatic heterocycles. The highest BCUT2D eigenvalue weighted by Crippen LogP contribution is 2.58. The van der Waals surface area contributed by atoms with Gasteiger partial charge in [-0.05, 0) is 34.6 Å². The van der Waals surface area contributed by atoms with Crippen LogP contribution in [0.15, 0.2) is 54.6 Å². The van der Waals surface area contributed by atoms with Crippen LogP contribution >= 0.6 is 0 Å². The number of nitrogens with one attached hydrogen (secondary N) is 1. The SMILES string of the molecule is Cn1nc(NC(=O)OCC2c3ccccc3-c3ccccc32)cc1C(=O)N1CC2CC2(C(=O)O)C1. The van der Waals surface area contributed by atoms with E-state index in [4.69, 9.17) is 4.74 Å². The maximum atomic E-state index is 13.0. The lowest BCUT2D eigenvalue weighted by atomic mass is 9.98. The first-order valence-electron chi connectivity index (χ1n) is 11.6. The van der Waals surface area contributed by atoms with Crippen molar-refractivity contribution in [2.24, 2.45) is 18.4 Å². The Morgan fingerprint density at radius 3 is 2.40 bits per heavy atom. The Morgan fingerprint density at radius 1 is 1.11 bits per heavy atom. The number of carboxylic acid groups (broad SMARTS) is 1. The van der Waals surface area contributed by atoms with E-state index >= 15 is 0 Å². The number of carboxylic acids is 1. The molecule has 2 aliphatic carbocycles. The molecule has 1 aliphatic heterocycles. The van der Waals surface area contributed by atoms with Crippen molar-refractivity contribution in [3.8, 4) is 11.1 Å². The summed E-state index contributed by atoms with van der Waals surface area (Å²) < 4.78 is 6.94. The van der Waals surface area contributed by atoms with E-state index < -0.39 is 17.5 Å². The molecule has 2 heterocycles. The molecule has 0 radical (unpaired) electrons. The largest absolute Gasteiger partial charge is 0.481 e. The second-order valence-electron chi connectivity index (χ2n) is 9.54. The van der Waals surface area contributed by atoms with Crippen LogP contribution in [0.25, 0.3) is 11.1 Å². The number of carbonyl (C=O) groups excluding carboxylic acids is 2. The Balaban J connectivity index is 1.11. The van der Waals surface area contributed by atoms with Gasteiger partial charge in [-0.1, -0.05) is 48.5 Å². The third-order valence-electron chi connectivity index (χ3n) is 7.53. The first-order valence-corrected chi connectivity index (χ1v) is 11.6. The van der Waals surface area contributed by atoms with Crippen molar-refractivity contribution >= 4 is 23.8 Å². The number of fused-ring (bicyclic) bond motifs is 4. The van der Waals surface area contributed by atoms with Crippen LogP contribution in [-0.4, -0.2) is 57.5 Å². The van der Waals surface area contributed by atoms with Gasteiger partial charge >= 0.3 is 12.1 Å². The Kier molecular flexibility index (Phi) is 4.70. The molecule has 2 atom stereocenters. The summed E-state index contributed by atoms with van der Waals surface area (Å²) in [6.45, 7) is 0.794. The number of anilines is 1. The maximum Gasteiger partial charge on any atom is 0.412 e. The molecule has 1 saturated carbocycles. The van der Waals surface area contributed by atoms with Crippen molar-refractivity contribution in [2.75, 3.05) is 25.0 Å². The highest BCUT2D eigenvalue weighted by atomic mass is 16.5. The number of amides is 2. The van der Waals surface area contributed by atoms with Gasteiger partial charge in [0.25, 0.3) is 5.91 Å². The molecule has 3 aliphatic rings. The van der Waals surface area contributed by atoms with Crippen molar-refractivity contribution in [1.82, 2.24) is 14.7 Å². The highest BCUT2D eigenvalue weighted by molar-refractivity contribution is 5.96. The zero-order valence-electron chi connectivity index (χ0n) is 19.1. The van der Waals surface area contributed by atoms with Gasteiger partial charge in [0.1, 0.15) is 12.3 Å². The molecule has 0 spiro atoms. The minimum Gasteiger partial charge on any atom is -0.481 e. The second-order valence-corrected chi connectivity index (χ2v) is 9.54. The van der Waals surface area contributed by atoms with Crippen LogP contribution in [0.2, 0.25) is 0 Å². The molecule has 3 aromatic rings. The van der Waals surface area contributed by atoms with Crippen LogP contribution in [-0.2, 0) is 16.6 Å². The van der Waals surface area contributed by atoms with E-state index in [1.807, 2.05) is 24.3 Å². The van der Waals surface area contributed by atoms with Crippen LogP contribution < -0.4 is 5.32 Å². The first-order chi connectivity index (χ1) is 16.9. The molecule has 0 bridgehead atoms. The lowest BCUT2D eigenvalue weighted by molar-refractivity contribution is -0.143. The maximum absolute atomic E-state index is 13.0. The average molecular weight is 473 g/mol. The van der Waals surface area contributed by atoms with Crippen molar-refractivity contribution in [3.05, 3.63) is 71.4 Å². The zero-order valence-corrected chi connectivity index (χ0v) is 19.1. The highest BCUT2D eigenvalue weighted by Gasteiger charge is 2.66. The van der Waals surface area contributed by atoms with Gasteiger partial charge in [0.15, 0.2) is 5.82 Å². The van der Waals surface area contributed by atoms with E-state index in [2.05, 4.69) is 34.7 Å². The Bertz CT molecular complexity index is 1340. The molecule has 6 rings (SSSR count). The molecule has 1 saturated heterocycles. The van der Waals surface area contributed by atoms with Crippen LogP contribution in [0.1, 0.15) is 34.0 Å². The Morgan fingerprint density at radius 2 is 1.77 bits per heavy atom. The van der Waals surface area contributed by atoms with Gasteiger partial charge in [-0.25, -0.2) is 4.79 Å². The average Bonchev–Trinajstić information content (AvgIpc) is 3.12. The molecule has 2 N–H and O–H groups in total. The molecule has 178 valence electrons. The number of likely N-dealkylation sites (tertiary alicyclic amines) is 1. The number of piperidine rings is 1. The summed E-state index contributed by atoms with van der Waals surface area (Å²) >= 11 is 0. The molecular formula is C26H24N4O5. The lowest BCUT2D eigenvalue weighted by Crippen LogP contribution is -2.34. The number of benzene rings is 2. The number of ether oxygens (including phenoxy) is 1. The monoisotopic (exact) mass is 472 g/mol. The van der Waals surface area contributed by atoms with Crippen LogP contribution in [0.4, 0.5) is 10.6 Å². The fraction of sp³-hybridized carbons (Fsp3) is 0.308. The van der Waals surface area contributed by atoms with Gasteiger partial charge in [0.05, 0.1) is 5.41 Å². The Hall–Kier alpha value is -4.14. The number of nitrogens with zero attached hydrogens (tertiary/aromatic N) is 3. The molecule has 2 aromatic carbocycles. The molecule has 9 nitrogen and oxygen atoms in total. The summed E-state index contributed by atoms with van der Waals surface area (Å²) in [5.74, 6) is -0.994. The molecule has 2 amide bonds. The van der Waals surface area contributed by atoms with E-state index in [1.54, 1.807) is 11.9 Å². The van der Waals surface area contributed by atoms with Crippen molar-refractivity contribution in [3.63, 3.8) is 0 Å². The van der Waals surface area contributed by atoms with Crippen molar-refractivity contribution < 1.29 is 24.2 Å². The minimum absolute atomic E-state index is 0.00981. The molecule has 2 fully saturated rings. The van der Waals surface area contributed by atoms with E-state index in [1.165, 1.54) is 10.7 Å². The van der Waals surface area contributed by atoms with Gasteiger partial charge in [-0.15, -0.1) is 0 Å².